The smallest absolute Gasteiger partial charge is 0.0430 e. The number of terminal acetylenes is 1. The fraction of sp³-hybridized carbons (Fsp3) is 0.429. The molecule has 80 valence electrons. The van der Waals surface area contributed by atoms with Crippen LogP contribution in [0.3, 0.4) is 0 Å². The maximum Gasteiger partial charge on any atom is 0.0430 e. The molecule has 0 spiro atoms. The first-order valence-electron chi connectivity index (χ1n) is 5.57. The molecule has 0 aromatic heterocycles. The first-order chi connectivity index (χ1) is 7.31. The molecule has 0 bridgehead atoms. The van der Waals surface area contributed by atoms with Crippen LogP contribution in [-0.2, 0) is 6.42 Å². The fourth-order valence-electron chi connectivity index (χ4n) is 1.66. The Morgan fingerprint density at radius 3 is 2.40 bits per heavy atom. The van der Waals surface area contributed by atoms with Gasteiger partial charge in [0.2, 0.25) is 0 Å². The molecule has 1 aromatic carbocycles. The number of hydrogen-bond donors (Lipinski definition) is 1. The summed E-state index contributed by atoms with van der Waals surface area (Å²) in [5, 5.41) is 3.39. The molecule has 1 aromatic rings. The van der Waals surface area contributed by atoms with Crippen molar-refractivity contribution in [3.05, 3.63) is 35.4 Å². The highest BCUT2D eigenvalue weighted by Crippen LogP contribution is 2.17. The minimum absolute atomic E-state index is 0.297. The lowest BCUT2D eigenvalue weighted by atomic mass is 10.0. The zero-order chi connectivity index (χ0) is 11.1. The second kappa shape index (κ2) is 6.27. The molecular formula is C14H19N. The number of rotatable bonds is 5. The van der Waals surface area contributed by atoms with Crippen LogP contribution in [0.25, 0.3) is 0 Å². The molecule has 0 amide bonds. The largest absolute Gasteiger partial charge is 0.309 e. The molecule has 1 rings (SSSR count). The van der Waals surface area contributed by atoms with Gasteiger partial charge < -0.3 is 5.32 Å². The fourth-order valence-corrected chi connectivity index (χ4v) is 1.66. The monoisotopic (exact) mass is 201 g/mol. The number of nitrogens with one attached hydrogen (secondary N) is 1. The van der Waals surface area contributed by atoms with E-state index in [1.54, 1.807) is 0 Å². The van der Waals surface area contributed by atoms with E-state index in [1.165, 1.54) is 11.1 Å². The third-order valence-corrected chi connectivity index (χ3v) is 2.56. The first kappa shape index (κ1) is 11.8. The Labute approximate surface area is 92.9 Å². The lowest BCUT2D eigenvalue weighted by Gasteiger charge is -2.15. The van der Waals surface area contributed by atoms with Crippen molar-refractivity contribution < 1.29 is 0 Å². The van der Waals surface area contributed by atoms with Crippen LogP contribution in [0.15, 0.2) is 24.3 Å². The lowest BCUT2D eigenvalue weighted by molar-refractivity contribution is 0.565. The van der Waals surface area contributed by atoms with Gasteiger partial charge in [-0.1, -0.05) is 38.1 Å². The van der Waals surface area contributed by atoms with Gasteiger partial charge in [-0.3, -0.25) is 0 Å². The van der Waals surface area contributed by atoms with Crippen molar-refractivity contribution in [2.45, 2.75) is 32.7 Å². The van der Waals surface area contributed by atoms with E-state index in [0.29, 0.717) is 6.04 Å². The first-order valence-corrected chi connectivity index (χ1v) is 5.57. The van der Waals surface area contributed by atoms with Crippen LogP contribution in [0.1, 0.15) is 37.4 Å². The summed E-state index contributed by atoms with van der Waals surface area (Å²) in [6, 6.07) is 8.99. The SMILES string of the molecule is C#CCC(NCC)c1ccc(CC)cc1. The van der Waals surface area contributed by atoms with Gasteiger partial charge in [-0.25, -0.2) is 0 Å². The molecule has 0 aliphatic rings. The van der Waals surface area contributed by atoms with Crippen molar-refractivity contribution in [2.75, 3.05) is 6.54 Å². The molecule has 0 saturated carbocycles. The minimum Gasteiger partial charge on any atom is -0.309 e. The van der Waals surface area contributed by atoms with Crippen LogP contribution >= 0.6 is 0 Å². The van der Waals surface area contributed by atoms with E-state index in [9.17, 15) is 0 Å². The van der Waals surface area contributed by atoms with Crippen molar-refractivity contribution in [3.8, 4) is 12.3 Å². The van der Waals surface area contributed by atoms with Crippen LogP contribution in [-0.4, -0.2) is 6.54 Å². The van der Waals surface area contributed by atoms with Gasteiger partial charge in [-0.15, -0.1) is 12.3 Å². The summed E-state index contributed by atoms with van der Waals surface area (Å²) in [6.45, 7) is 5.21. The molecule has 0 saturated heterocycles. The normalized spacial score (nSPS) is 12.1. The molecule has 1 unspecified atom stereocenters. The summed E-state index contributed by atoms with van der Waals surface area (Å²) in [5.41, 5.74) is 2.65. The van der Waals surface area contributed by atoms with Crippen LogP contribution < -0.4 is 5.32 Å². The van der Waals surface area contributed by atoms with Crippen LogP contribution in [0.2, 0.25) is 0 Å². The highest BCUT2D eigenvalue weighted by Gasteiger charge is 2.07. The Morgan fingerprint density at radius 2 is 1.93 bits per heavy atom. The van der Waals surface area contributed by atoms with E-state index in [0.717, 1.165) is 19.4 Å². The summed E-state index contributed by atoms with van der Waals surface area (Å²) in [5.74, 6) is 2.72. The van der Waals surface area contributed by atoms with Gasteiger partial charge >= 0.3 is 0 Å². The molecule has 0 aliphatic heterocycles. The van der Waals surface area contributed by atoms with E-state index in [1.807, 2.05) is 0 Å². The quantitative estimate of drug-likeness (QED) is 0.722. The average Bonchev–Trinajstić information content (AvgIpc) is 2.29. The summed E-state index contributed by atoms with van der Waals surface area (Å²) in [6.07, 6.45) is 7.20. The third kappa shape index (κ3) is 3.42. The zero-order valence-corrected chi connectivity index (χ0v) is 9.59. The molecule has 0 radical (unpaired) electrons. The molecule has 1 N–H and O–H groups in total. The minimum atomic E-state index is 0.297. The zero-order valence-electron chi connectivity index (χ0n) is 9.59. The van der Waals surface area contributed by atoms with Crippen LogP contribution in [0.5, 0.6) is 0 Å². The van der Waals surface area contributed by atoms with Crippen molar-refractivity contribution in [2.24, 2.45) is 0 Å². The third-order valence-electron chi connectivity index (χ3n) is 2.56. The maximum absolute atomic E-state index is 5.36. The van der Waals surface area contributed by atoms with Crippen molar-refractivity contribution in [1.29, 1.82) is 0 Å². The van der Waals surface area contributed by atoms with Crippen molar-refractivity contribution in [3.63, 3.8) is 0 Å². The van der Waals surface area contributed by atoms with Crippen LogP contribution in [0.4, 0.5) is 0 Å². The van der Waals surface area contributed by atoms with Crippen molar-refractivity contribution >= 4 is 0 Å². The summed E-state index contributed by atoms with van der Waals surface area (Å²) in [7, 11) is 0. The van der Waals surface area contributed by atoms with Crippen molar-refractivity contribution in [1.82, 2.24) is 5.32 Å². The molecule has 0 heterocycles. The summed E-state index contributed by atoms with van der Waals surface area (Å²) >= 11 is 0. The predicted molar refractivity (Wildman–Crippen MR) is 65.7 cm³/mol. The van der Waals surface area contributed by atoms with Gasteiger partial charge in [0.05, 0.1) is 0 Å². The Hall–Kier alpha value is -1.26. The second-order valence-electron chi connectivity index (χ2n) is 3.61. The van der Waals surface area contributed by atoms with E-state index in [2.05, 4.69) is 49.4 Å². The van der Waals surface area contributed by atoms with E-state index in [-0.39, 0.29) is 0 Å². The molecule has 1 nitrogen and oxygen atoms in total. The molecule has 1 atom stereocenters. The number of hydrogen-bond acceptors (Lipinski definition) is 1. The lowest BCUT2D eigenvalue weighted by Crippen LogP contribution is -2.20. The summed E-state index contributed by atoms with van der Waals surface area (Å²) < 4.78 is 0. The molecule has 0 fully saturated rings. The van der Waals surface area contributed by atoms with E-state index in [4.69, 9.17) is 6.42 Å². The Morgan fingerprint density at radius 1 is 1.27 bits per heavy atom. The van der Waals surface area contributed by atoms with E-state index < -0.39 is 0 Å². The average molecular weight is 201 g/mol. The highest BCUT2D eigenvalue weighted by molar-refractivity contribution is 5.25. The standard InChI is InChI=1S/C14H19N/c1-4-7-14(15-6-3)13-10-8-12(5-2)9-11-13/h1,8-11,14-15H,5-7H2,2-3H3. The highest BCUT2D eigenvalue weighted by atomic mass is 14.9. The number of aryl methyl sites for hydroxylation is 1. The molecular weight excluding hydrogens is 182 g/mol. The van der Waals surface area contributed by atoms with Gasteiger partial charge in [-0.05, 0) is 24.1 Å². The van der Waals surface area contributed by atoms with Gasteiger partial charge in [0.15, 0.2) is 0 Å². The van der Waals surface area contributed by atoms with Gasteiger partial charge in [-0.2, -0.15) is 0 Å². The van der Waals surface area contributed by atoms with E-state index >= 15 is 0 Å². The maximum atomic E-state index is 5.36. The Bertz CT molecular complexity index is 318. The summed E-state index contributed by atoms with van der Waals surface area (Å²) in [4.78, 5) is 0. The Kier molecular flexibility index (Phi) is 4.93. The Balaban J connectivity index is 2.77. The van der Waals surface area contributed by atoms with Gasteiger partial charge in [0.1, 0.15) is 0 Å². The van der Waals surface area contributed by atoms with Gasteiger partial charge in [0, 0.05) is 12.5 Å². The predicted octanol–water partition coefficient (Wildman–Crippen LogP) is 2.92. The topological polar surface area (TPSA) is 12.0 Å². The van der Waals surface area contributed by atoms with Crippen LogP contribution in [0, 0.1) is 12.3 Å². The second-order valence-corrected chi connectivity index (χ2v) is 3.61. The molecule has 0 aliphatic carbocycles. The number of benzene rings is 1. The molecule has 15 heavy (non-hydrogen) atoms. The molecule has 1 heteroatoms. The van der Waals surface area contributed by atoms with Gasteiger partial charge in [0.25, 0.3) is 0 Å².